The van der Waals surface area contributed by atoms with Crippen molar-refractivity contribution in [1.82, 2.24) is 25.5 Å². The number of hydrogen-bond donors (Lipinski definition) is 3. The predicted octanol–water partition coefficient (Wildman–Crippen LogP) is 1.04. The van der Waals surface area contributed by atoms with Crippen molar-refractivity contribution in [2.45, 2.75) is 25.9 Å². The van der Waals surface area contributed by atoms with E-state index in [0.717, 1.165) is 58.2 Å². The molecule has 0 radical (unpaired) electrons. The molecule has 3 N–H and O–H groups in total. The molecule has 1 atom stereocenters. The van der Waals surface area contributed by atoms with Gasteiger partial charge in [0.1, 0.15) is 11.4 Å². The zero-order valence-corrected chi connectivity index (χ0v) is 17.9. The van der Waals surface area contributed by atoms with Crippen molar-refractivity contribution in [1.29, 1.82) is 0 Å². The first-order valence-corrected chi connectivity index (χ1v) is 10.6. The summed E-state index contributed by atoms with van der Waals surface area (Å²) in [7, 11) is 0. The molecule has 1 saturated heterocycles. The van der Waals surface area contributed by atoms with Crippen LogP contribution in [0.3, 0.4) is 0 Å². The maximum Gasteiger partial charge on any atom is 0.225 e. The number of aliphatic hydroxyl groups is 1. The number of aliphatic imine (C=N–C) groups is 1. The number of furan rings is 1. The highest BCUT2D eigenvalue weighted by molar-refractivity contribution is 5.79. The third-order valence-corrected chi connectivity index (χ3v) is 5.09. The molecular weight excluding hydrogens is 382 g/mol. The minimum absolute atomic E-state index is 0.222. The molecule has 1 fully saturated rings. The van der Waals surface area contributed by atoms with Crippen LogP contribution in [-0.2, 0) is 5.60 Å². The second-order valence-electron chi connectivity index (χ2n) is 7.60. The average molecular weight is 416 g/mol. The zero-order valence-electron chi connectivity index (χ0n) is 17.9. The second kappa shape index (κ2) is 10.9. The van der Waals surface area contributed by atoms with Crippen LogP contribution in [0.2, 0.25) is 0 Å². The van der Waals surface area contributed by atoms with Crippen LogP contribution in [0.1, 0.15) is 26.0 Å². The molecule has 0 aliphatic carbocycles. The lowest BCUT2D eigenvalue weighted by Crippen LogP contribution is -2.47. The van der Waals surface area contributed by atoms with Gasteiger partial charge in [0.15, 0.2) is 5.96 Å². The van der Waals surface area contributed by atoms with Gasteiger partial charge in [0.05, 0.1) is 12.8 Å². The molecule has 3 rings (SSSR count). The molecular formula is C21H33N7O2. The molecule has 9 heteroatoms. The van der Waals surface area contributed by atoms with E-state index in [-0.39, 0.29) is 6.54 Å². The highest BCUT2D eigenvalue weighted by Crippen LogP contribution is 2.21. The minimum Gasteiger partial charge on any atom is -0.466 e. The third-order valence-electron chi connectivity index (χ3n) is 5.09. The Labute approximate surface area is 178 Å². The summed E-state index contributed by atoms with van der Waals surface area (Å²) < 4.78 is 5.32. The van der Waals surface area contributed by atoms with Gasteiger partial charge in [-0.2, -0.15) is 0 Å². The van der Waals surface area contributed by atoms with Crippen molar-refractivity contribution < 1.29 is 9.52 Å². The van der Waals surface area contributed by atoms with E-state index in [1.165, 1.54) is 0 Å². The SMILES string of the molecule is CCNC(=NCC(C)(O)c1ccco1)NCCCN1CCN(c2ncccn2)CC1. The number of nitrogens with one attached hydrogen (secondary N) is 2. The van der Waals surface area contributed by atoms with Crippen LogP contribution < -0.4 is 15.5 Å². The molecule has 1 aliphatic heterocycles. The normalized spacial score (nSPS) is 17.6. The standard InChI is InChI=1S/C21H33N7O2/c1-3-22-19(26-17-21(2,29)18-7-4-16-30-18)23-10-6-11-27-12-14-28(15-13-27)20-24-8-5-9-25-20/h4-5,7-9,16,29H,3,6,10-15,17H2,1-2H3,(H2,22,23,26). The summed E-state index contributed by atoms with van der Waals surface area (Å²) >= 11 is 0. The van der Waals surface area contributed by atoms with Gasteiger partial charge in [-0.1, -0.05) is 0 Å². The summed E-state index contributed by atoms with van der Waals surface area (Å²) in [6.45, 7) is 10.5. The Bertz CT molecular complexity index is 757. The van der Waals surface area contributed by atoms with E-state index in [1.54, 1.807) is 37.7 Å². The summed E-state index contributed by atoms with van der Waals surface area (Å²) in [5.41, 5.74) is -1.13. The molecule has 0 aromatic carbocycles. The lowest BCUT2D eigenvalue weighted by atomic mass is 10.0. The van der Waals surface area contributed by atoms with Crippen molar-refractivity contribution in [3.63, 3.8) is 0 Å². The van der Waals surface area contributed by atoms with Crippen LogP contribution in [0.4, 0.5) is 5.95 Å². The summed E-state index contributed by atoms with van der Waals surface area (Å²) in [4.78, 5) is 17.9. The van der Waals surface area contributed by atoms with E-state index < -0.39 is 5.60 Å². The first-order valence-electron chi connectivity index (χ1n) is 10.6. The van der Waals surface area contributed by atoms with E-state index in [2.05, 4.69) is 35.4 Å². The first-order chi connectivity index (χ1) is 14.6. The molecule has 9 nitrogen and oxygen atoms in total. The molecule has 1 aliphatic rings. The van der Waals surface area contributed by atoms with Crippen LogP contribution in [0.5, 0.6) is 0 Å². The Morgan fingerprint density at radius 1 is 1.20 bits per heavy atom. The fraction of sp³-hybridized carbons (Fsp3) is 0.571. The van der Waals surface area contributed by atoms with Crippen LogP contribution in [-0.4, -0.2) is 78.3 Å². The number of guanidine groups is 1. The molecule has 30 heavy (non-hydrogen) atoms. The molecule has 3 heterocycles. The number of aromatic nitrogens is 2. The highest BCUT2D eigenvalue weighted by Gasteiger charge is 2.26. The average Bonchev–Trinajstić information content (AvgIpc) is 3.32. The Morgan fingerprint density at radius 2 is 1.97 bits per heavy atom. The van der Waals surface area contributed by atoms with E-state index in [9.17, 15) is 5.11 Å². The van der Waals surface area contributed by atoms with Gasteiger partial charge < -0.3 is 25.1 Å². The van der Waals surface area contributed by atoms with Crippen LogP contribution in [0, 0.1) is 0 Å². The third kappa shape index (κ3) is 6.43. The second-order valence-corrected chi connectivity index (χ2v) is 7.60. The zero-order chi connectivity index (χ0) is 21.2. The van der Waals surface area contributed by atoms with Crippen LogP contribution in [0.15, 0.2) is 46.3 Å². The Hall–Kier alpha value is -2.65. The number of piperazine rings is 1. The van der Waals surface area contributed by atoms with Crippen molar-refractivity contribution in [3.8, 4) is 0 Å². The molecule has 0 bridgehead atoms. The van der Waals surface area contributed by atoms with Crippen LogP contribution >= 0.6 is 0 Å². The number of anilines is 1. The highest BCUT2D eigenvalue weighted by atomic mass is 16.4. The molecule has 2 aromatic rings. The van der Waals surface area contributed by atoms with Gasteiger partial charge in [0, 0.05) is 51.7 Å². The number of hydrogen-bond acceptors (Lipinski definition) is 7. The number of nitrogens with zero attached hydrogens (tertiary/aromatic N) is 5. The van der Waals surface area contributed by atoms with Gasteiger partial charge in [-0.25, -0.2) is 15.0 Å². The quantitative estimate of drug-likeness (QED) is 0.317. The molecule has 164 valence electrons. The van der Waals surface area contributed by atoms with Crippen LogP contribution in [0.25, 0.3) is 0 Å². The van der Waals surface area contributed by atoms with Crippen molar-refractivity contribution in [3.05, 3.63) is 42.6 Å². The molecule has 0 amide bonds. The van der Waals surface area contributed by atoms with Crippen molar-refractivity contribution >= 4 is 11.9 Å². The van der Waals surface area contributed by atoms with Gasteiger partial charge in [-0.3, -0.25) is 4.90 Å². The predicted molar refractivity (Wildman–Crippen MR) is 118 cm³/mol. The van der Waals surface area contributed by atoms with Gasteiger partial charge >= 0.3 is 0 Å². The summed E-state index contributed by atoms with van der Waals surface area (Å²) in [6.07, 6.45) is 6.15. The minimum atomic E-state index is -1.13. The lowest BCUT2D eigenvalue weighted by molar-refractivity contribution is 0.0437. The Kier molecular flexibility index (Phi) is 8.04. The monoisotopic (exact) mass is 415 g/mol. The van der Waals surface area contributed by atoms with Gasteiger partial charge in [-0.15, -0.1) is 0 Å². The fourth-order valence-corrected chi connectivity index (χ4v) is 3.37. The largest absolute Gasteiger partial charge is 0.466 e. The van der Waals surface area contributed by atoms with E-state index in [0.29, 0.717) is 11.7 Å². The fourth-order valence-electron chi connectivity index (χ4n) is 3.37. The van der Waals surface area contributed by atoms with Crippen molar-refractivity contribution in [2.24, 2.45) is 4.99 Å². The topological polar surface area (TPSA) is 102 Å². The number of rotatable bonds is 9. The molecule has 0 spiro atoms. The van der Waals surface area contributed by atoms with E-state index >= 15 is 0 Å². The van der Waals surface area contributed by atoms with Crippen molar-refractivity contribution in [2.75, 3.05) is 57.3 Å². The summed E-state index contributed by atoms with van der Waals surface area (Å²) in [6, 6.07) is 5.37. The smallest absolute Gasteiger partial charge is 0.225 e. The maximum absolute atomic E-state index is 10.6. The van der Waals surface area contributed by atoms with Gasteiger partial charge in [0.2, 0.25) is 5.95 Å². The maximum atomic E-state index is 10.6. The lowest BCUT2D eigenvalue weighted by Gasteiger charge is -2.34. The Balaban J connectivity index is 1.38. The van der Waals surface area contributed by atoms with E-state index in [1.807, 2.05) is 13.0 Å². The summed E-state index contributed by atoms with van der Waals surface area (Å²) in [5.74, 6) is 2.04. The van der Waals surface area contributed by atoms with E-state index in [4.69, 9.17) is 4.42 Å². The molecule has 0 saturated carbocycles. The van der Waals surface area contributed by atoms with Gasteiger partial charge in [0.25, 0.3) is 0 Å². The Morgan fingerprint density at radius 3 is 2.63 bits per heavy atom. The first kappa shape index (κ1) is 22.0. The summed E-state index contributed by atoms with van der Waals surface area (Å²) in [5, 5.41) is 17.1. The molecule has 2 aromatic heterocycles. The molecule has 1 unspecified atom stereocenters. The van der Waals surface area contributed by atoms with Gasteiger partial charge in [-0.05, 0) is 45.0 Å².